The van der Waals surface area contributed by atoms with Crippen LogP contribution in [0.1, 0.15) is 12.8 Å². The zero-order chi connectivity index (χ0) is 8.27. The highest BCUT2D eigenvalue weighted by molar-refractivity contribution is 4.71. The van der Waals surface area contributed by atoms with Gasteiger partial charge in [0.2, 0.25) is 0 Å². The van der Waals surface area contributed by atoms with Gasteiger partial charge >= 0.3 is 0 Å². The van der Waals surface area contributed by atoms with Crippen LogP contribution in [0.5, 0.6) is 0 Å². The third kappa shape index (κ3) is 1.51. The molecule has 0 unspecified atom stereocenters. The predicted octanol–water partition coefficient (Wildman–Crippen LogP) is -0.182. The monoisotopic (exact) mass is 160 g/mol. The normalized spacial score (nSPS) is 26.1. The Kier molecular flexibility index (Phi) is 2.48. The standard InChI is InChI=1S/C5H11N3O3/c9-4-5-2-1-3-7(5)8(11)6-10/h5,9-10H,1-4H2/p-1/b8-6-/t5-/m0/s1. The molecule has 0 amide bonds. The van der Waals surface area contributed by atoms with Crippen LogP contribution in [0.3, 0.4) is 0 Å². The van der Waals surface area contributed by atoms with Gasteiger partial charge in [0.15, 0.2) is 0 Å². The average Bonchev–Trinajstić information content (AvgIpc) is 2.50. The topological polar surface area (TPSA) is 85.0 Å². The van der Waals surface area contributed by atoms with Gasteiger partial charge in [-0.2, -0.15) is 0 Å². The molecule has 11 heavy (non-hydrogen) atoms. The number of hydrogen-bond donors (Lipinski definition) is 1. The summed E-state index contributed by atoms with van der Waals surface area (Å²) < 4.78 is 0. The number of nitrogens with zero attached hydrogens (tertiary/aromatic N) is 3. The molecule has 0 radical (unpaired) electrons. The Labute approximate surface area is 63.9 Å². The summed E-state index contributed by atoms with van der Waals surface area (Å²) in [6, 6.07) is -0.231. The second-order valence-electron chi connectivity index (χ2n) is 2.48. The van der Waals surface area contributed by atoms with Crippen LogP contribution in [-0.4, -0.2) is 34.3 Å². The van der Waals surface area contributed by atoms with E-state index in [9.17, 15) is 10.4 Å². The van der Waals surface area contributed by atoms with E-state index in [-0.39, 0.29) is 17.6 Å². The maximum absolute atomic E-state index is 10.6. The van der Waals surface area contributed by atoms with Crippen LogP contribution in [0.4, 0.5) is 0 Å². The first-order valence-electron chi connectivity index (χ1n) is 3.47. The van der Waals surface area contributed by atoms with Crippen molar-refractivity contribution in [2.24, 2.45) is 5.28 Å². The highest BCUT2D eigenvalue weighted by Crippen LogP contribution is 2.16. The van der Waals surface area contributed by atoms with Gasteiger partial charge < -0.3 is 15.5 Å². The summed E-state index contributed by atoms with van der Waals surface area (Å²) in [6.45, 7) is 0.398. The molecule has 6 heteroatoms. The Morgan fingerprint density at radius 2 is 2.45 bits per heavy atom. The van der Waals surface area contributed by atoms with Gasteiger partial charge in [0.25, 0.3) is 0 Å². The second-order valence-corrected chi connectivity index (χ2v) is 2.48. The predicted molar refractivity (Wildman–Crippen MR) is 36.2 cm³/mol. The molecule has 1 saturated heterocycles. The third-order valence-corrected chi connectivity index (χ3v) is 1.85. The molecule has 0 saturated carbocycles. The Bertz CT molecular complexity index is 161. The lowest BCUT2D eigenvalue weighted by atomic mass is 10.2. The van der Waals surface area contributed by atoms with Gasteiger partial charge in [0.05, 0.1) is 13.2 Å². The van der Waals surface area contributed by atoms with Crippen molar-refractivity contribution < 1.29 is 10.1 Å². The smallest absolute Gasteiger partial charge is 0.111 e. The third-order valence-electron chi connectivity index (χ3n) is 1.85. The Morgan fingerprint density at radius 1 is 1.73 bits per heavy atom. The number of aliphatic hydroxyl groups excluding tert-OH is 1. The van der Waals surface area contributed by atoms with Crippen LogP contribution in [0.2, 0.25) is 0 Å². The van der Waals surface area contributed by atoms with Gasteiger partial charge in [0.1, 0.15) is 6.04 Å². The quantitative estimate of drug-likeness (QED) is 0.345. The van der Waals surface area contributed by atoms with Crippen molar-refractivity contribution in [1.82, 2.24) is 5.01 Å². The molecule has 0 spiro atoms. The zero-order valence-electron chi connectivity index (χ0n) is 6.01. The first kappa shape index (κ1) is 8.06. The molecule has 1 rings (SSSR count). The van der Waals surface area contributed by atoms with E-state index < -0.39 is 0 Å². The van der Waals surface area contributed by atoms with Crippen LogP contribution in [0, 0.1) is 10.4 Å². The van der Waals surface area contributed by atoms with E-state index in [2.05, 4.69) is 5.28 Å². The van der Waals surface area contributed by atoms with Crippen LogP contribution in [0.25, 0.3) is 0 Å². The van der Waals surface area contributed by atoms with Crippen molar-refractivity contribution >= 4 is 0 Å². The summed E-state index contributed by atoms with van der Waals surface area (Å²) >= 11 is 0. The van der Waals surface area contributed by atoms with Gasteiger partial charge in [-0.25, -0.2) is 0 Å². The minimum absolute atomic E-state index is 0.00782. The summed E-state index contributed by atoms with van der Waals surface area (Å²) in [7, 11) is 0. The molecule has 1 aliphatic heterocycles. The second kappa shape index (κ2) is 3.38. The molecule has 0 bridgehead atoms. The maximum atomic E-state index is 10.6. The van der Waals surface area contributed by atoms with E-state index >= 15 is 0 Å². The zero-order valence-corrected chi connectivity index (χ0v) is 6.01. The lowest BCUT2D eigenvalue weighted by Gasteiger charge is -2.18. The molecular formula is C5H10N3O3-. The summed E-state index contributed by atoms with van der Waals surface area (Å²) in [4.78, 5) is 0.00782. The first-order valence-corrected chi connectivity index (χ1v) is 3.47. The molecule has 1 aliphatic rings. The molecule has 0 aromatic heterocycles. The fraction of sp³-hybridized carbons (Fsp3) is 1.00. The molecule has 1 fully saturated rings. The molecular weight excluding hydrogens is 150 g/mol. The van der Waals surface area contributed by atoms with Crippen molar-refractivity contribution in [2.45, 2.75) is 18.9 Å². The van der Waals surface area contributed by atoms with Gasteiger partial charge in [-0.3, -0.25) is 0 Å². The van der Waals surface area contributed by atoms with E-state index in [0.29, 0.717) is 6.54 Å². The summed E-state index contributed by atoms with van der Waals surface area (Å²) in [5, 5.41) is 32.6. The van der Waals surface area contributed by atoms with E-state index in [0.717, 1.165) is 12.8 Å². The average molecular weight is 160 g/mol. The van der Waals surface area contributed by atoms with Crippen LogP contribution >= 0.6 is 0 Å². The summed E-state index contributed by atoms with van der Waals surface area (Å²) in [5.41, 5.74) is 0. The molecule has 64 valence electrons. The fourth-order valence-electron chi connectivity index (χ4n) is 1.28. The molecule has 1 N–H and O–H groups in total. The first-order chi connectivity index (χ1) is 5.29. The SMILES string of the molecule is [O-]/N=[N+](\[O-])N1CCC[C@H]1CO. The van der Waals surface area contributed by atoms with Gasteiger partial charge in [-0.05, 0) is 18.1 Å². The minimum atomic E-state index is -0.231. The van der Waals surface area contributed by atoms with E-state index in [4.69, 9.17) is 5.11 Å². The van der Waals surface area contributed by atoms with Crippen molar-refractivity contribution in [3.05, 3.63) is 10.4 Å². The molecule has 0 aliphatic carbocycles. The van der Waals surface area contributed by atoms with E-state index in [1.807, 2.05) is 0 Å². The Balaban J connectivity index is 2.56. The lowest BCUT2D eigenvalue weighted by Crippen LogP contribution is -2.37. The van der Waals surface area contributed by atoms with Crippen LogP contribution in [0.15, 0.2) is 5.28 Å². The molecule has 1 atom stereocenters. The Morgan fingerprint density at radius 3 is 3.00 bits per heavy atom. The van der Waals surface area contributed by atoms with Crippen molar-refractivity contribution in [3.63, 3.8) is 0 Å². The van der Waals surface area contributed by atoms with E-state index in [1.165, 1.54) is 5.01 Å². The number of aliphatic hydroxyl groups is 1. The molecule has 0 aromatic carbocycles. The van der Waals surface area contributed by atoms with Crippen LogP contribution < -0.4 is 0 Å². The number of hydrazine groups is 1. The van der Waals surface area contributed by atoms with Gasteiger partial charge in [-0.1, -0.05) is 0 Å². The van der Waals surface area contributed by atoms with Crippen molar-refractivity contribution in [1.29, 1.82) is 0 Å². The van der Waals surface area contributed by atoms with Gasteiger partial charge in [-0.15, -0.1) is 5.01 Å². The number of rotatable bonds is 2. The van der Waals surface area contributed by atoms with Crippen LogP contribution in [-0.2, 0) is 0 Å². The minimum Gasteiger partial charge on any atom is -0.737 e. The van der Waals surface area contributed by atoms with Crippen molar-refractivity contribution in [3.8, 4) is 0 Å². The largest absolute Gasteiger partial charge is 0.737 e. The fourth-order valence-corrected chi connectivity index (χ4v) is 1.28. The highest BCUT2D eigenvalue weighted by Gasteiger charge is 2.29. The lowest BCUT2D eigenvalue weighted by molar-refractivity contribution is -0.694. The highest BCUT2D eigenvalue weighted by atomic mass is 16.6. The molecule has 0 aromatic rings. The summed E-state index contributed by atoms with van der Waals surface area (Å²) in [5.74, 6) is 0. The molecule has 6 nitrogen and oxygen atoms in total. The number of hydrogen-bond acceptors (Lipinski definition) is 4. The van der Waals surface area contributed by atoms with E-state index in [1.54, 1.807) is 0 Å². The van der Waals surface area contributed by atoms with Crippen molar-refractivity contribution in [2.75, 3.05) is 13.2 Å². The Hall–Kier alpha value is -1.04. The summed E-state index contributed by atoms with van der Waals surface area (Å²) in [6.07, 6.45) is 1.56. The maximum Gasteiger partial charge on any atom is 0.111 e. The molecule has 1 heterocycles. The van der Waals surface area contributed by atoms with Gasteiger partial charge in [0, 0.05) is 4.97 Å².